The van der Waals surface area contributed by atoms with Crippen molar-refractivity contribution in [3.63, 3.8) is 0 Å². The first kappa shape index (κ1) is 30.0. The van der Waals surface area contributed by atoms with Gasteiger partial charge in [-0.15, -0.1) is 11.0 Å². The number of hydrogen-bond donors (Lipinski definition) is 0. The molecule has 2 heterocycles. The quantitative estimate of drug-likeness (QED) is 0.121. The molecule has 8 rings (SSSR count). The molecule has 6 aromatic carbocycles. The van der Waals surface area contributed by atoms with Crippen LogP contribution in [0.3, 0.4) is 0 Å². The molecule has 0 aliphatic rings. The molecule has 0 spiro atoms. The summed E-state index contributed by atoms with van der Waals surface area (Å²) in [6, 6.07) is 58.6. The Hall–Kier alpha value is -4.10. The van der Waals surface area contributed by atoms with Gasteiger partial charge in [0.1, 0.15) is 0 Å². The first-order valence-electron chi connectivity index (χ1n) is 14.2. The summed E-state index contributed by atoms with van der Waals surface area (Å²) < 4.78 is 8.52. The average Bonchev–Trinajstić information content (AvgIpc) is 3.73. The molecule has 216 valence electrons. The van der Waals surface area contributed by atoms with Crippen LogP contribution in [0, 0.1) is 12.4 Å². The summed E-state index contributed by atoms with van der Waals surface area (Å²) in [6.45, 7) is 0. The molecular weight excluding hydrogens is 915 g/mol. The van der Waals surface area contributed by atoms with Gasteiger partial charge in [-0.25, -0.2) is 0 Å². The summed E-state index contributed by atoms with van der Waals surface area (Å²) in [6.07, 6.45) is 7.32. The van der Waals surface area contributed by atoms with Crippen LogP contribution >= 0.6 is 0 Å². The predicted octanol–water partition coefficient (Wildman–Crippen LogP) is 5.82. The molecule has 0 aliphatic carbocycles. The molecule has 0 saturated heterocycles. The van der Waals surface area contributed by atoms with Crippen LogP contribution in [-0.4, -0.2) is 26.3 Å². The van der Waals surface area contributed by atoms with Gasteiger partial charge in [0.15, 0.2) is 0 Å². The van der Waals surface area contributed by atoms with E-state index >= 15 is 0 Å². The summed E-state index contributed by atoms with van der Waals surface area (Å²) >= 11 is -2.06. The molecule has 44 heavy (non-hydrogen) atoms. The van der Waals surface area contributed by atoms with E-state index in [-0.39, 0.29) is 21.1 Å². The standard InChI is InChI=1S/C21H13N3.3C6H5.Bi.Pt/c1-2-7-16(8-3-1)23-13-14-24(15-23)20-12-6-10-18-17-9-4-5-11-19(17)22-21(18)20;3*1-2-4-6-5-3-1;;/h1-7,9-14H;3*1-5H;;/q-2;;;;;. The van der Waals surface area contributed by atoms with Gasteiger partial charge in [-0.2, -0.15) is 30.3 Å². The number of nitrogens with zero attached hydrogens (tertiary/aromatic N) is 3. The maximum atomic E-state index is 4.82. The molecule has 0 unspecified atom stereocenters. The average molecular weight is 943 g/mol. The van der Waals surface area contributed by atoms with Gasteiger partial charge in [-0.05, 0) is 16.5 Å². The Balaban J connectivity index is 0.000000157. The Kier molecular flexibility index (Phi) is 9.61. The van der Waals surface area contributed by atoms with Crippen LogP contribution < -0.4 is 19.4 Å². The van der Waals surface area contributed by atoms with E-state index in [1.807, 2.05) is 51.9 Å². The van der Waals surface area contributed by atoms with Crippen molar-refractivity contribution < 1.29 is 25.6 Å². The summed E-state index contributed by atoms with van der Waals surface area (Å²) in [5, 5.41) is 2.36. The van der Waals surface area contributed by atoms with Crippen LogP contribution in [0.2, 0.25) is 0 Å². The molecule has 0 aliphatic heterocycles. The van der Waals surface area contributed by atoms with E-state index in [1.54, 1.807) is 0 Å². The number of aromatic nitrogens is 3. The molecular formula is C39H28BiN3Pt-2. The zero-order chi connectivity index (χ0) is 28.8. The van der Waals surface area contributed by atoms with E-state index in [0.717, 1.165) is 22.4 Å². The zero-order valence-corrected chi connectivity index (χ0v) is 29.5. The first-order valence-corrected chi connectivity index (χ1v) is 19.5. The van der Waals surface area contributed by atoms with Gasteiger partial charge in [-0.1, -0.05) is 42.5 Å². The number of imidazole rings is 1. The topological polar surface area (TPSA) is 22.9 Å². The van der Waals surface area contributed by atoms with Crippen molar-refractivity contribution in [3.8, 4) is 11.4 Å². The van der Waals surface area contributed by atoms with Crippen LogP contribution in [0.5, 0.6) is 0 Å². The van der Waals surface area contributed by atoms with E-state index in [1.165, 1.54) is 20.6 Å². The van der Waals surface area contributed by atoms with Gasteiger partial charge in [-0.3, -0.25) is 0 Å². The second-order valence-electron chi connectivity index (χ2n) is 10.0. The minimum absolute atomic E-state index is 0. The van der Waals surface area contributed by atoms with Gasteiger partial charge in [0, 0.05) is 33.5 Å². The molecule has 0 N–H and O–H groups in total. The molecule has 0 radical (unpaired) electrons. The first-order chi connectivity index (χ1) is 21.3. The molecule has 0 atom stereocenters. The summed E-state index contributed by atoms with van der Waals surface area (Å²) in [7, 11) is 0. The van der Waals surface area contributed by atoms with E-state index < -0.39 is 21.8 Å². The summed E-state index contributed by atoms with van der Waals surface area (Å²) in [5.74, 6) is 0. The predicted molar refractivity (Wildman–Crippen MR) is 177 cm³/mol. The van der Waals surface area contributed by atoms with E-state index in [4.69, 9.17) is 4.98 Å². The third-order valence-electron chi connectivity index (χ3n) is 7.28. The van der Waals surface area contributed by atoms with Gasteiger partial charge >= 0.3 is 123 Å². The number of fused-ring (bicyclic) bond motifs is 3. The molecule has 0 amide bonds. The van der Waals surface area contributed by atoms with Crippen molar-refractivity contribution in [3.05, 3.63) is 183 Å². The Morgan fingerprint density at radius 2 is 1.14 bits per heavy atom. The Bertz CT molecular complexity index is 1980. The maximum absolute atomic E-state index is 4.82. The van der Waals surface area contributed by atoms with Gasteiger partial charge in [0.05, 0.1) is 5.69 Å². The van der Waals surface area contributed by atoms with E-state index in [2.05, 4.69) is 140 Å². The fourth-order valence-corrected chi connectivity index (χ4v) is 14.2. The van der Waals surface area contributed by atoms with Gasteiger partial charge in [0.25, 0.3) is 6.33 Å². The van der Waals surface area contributed by atoms with Crippen molar-refractivity contribution in [1.29, 1.82) is 0 Å². The molecule has 5 heteroatoms. The van der Waals surface area contributed by atoms with Gasteiger partial charge in [0.2, 0.25) is 0 Å². The number of para-hydroxylation sites is 3. The monoisotopic (exact) mass is 942 g/mol. The molecule has 0 bridgehead atoms. The summed E-state index contributed by atoms with van der Waals surface area (Å²) in [5.41, 5.74) is 4.01. The number of rotatable bonds is 5. The Morgan fingerprint density at radius 1 is 0.568 bits per heavy atom. The van der Waals surface area contributed by atoms with E-state index in [0.29, 0.717) is 0 Å². The zero-order valence-electron chi connectivity index (χ0n) is 23.8. The van der Waals surface area contributed by atoms with Crippen molar-refractivity contribution in [1.82, 2.24) is 9.55 Å². The molecule has 3 nitrogen and oxygen atoms in total. The van der Waals surface area contributed by atoms with Crippen molar-refractivity contribution in [2.45, 2.75) is 0 Å². The van der Waals surface area contributed by atoms with Crippen LogP contribution in [-0.2, 0) is 21.1 Å². The SMILES string of the molecule is [Pt].[c-]1ccccc1-n1[c-][n+](-c2cccc3c2[n-]c2ccccc23)cc1.c1cc[c]([Bi]([c]2ccccc2)[c]2ccccc2)cc1. The van der Waals surface area contributed by atoms with Crippen molar-refractivity contribution in [2.75, 3.05) is 0 Å². The minimum atomic E-state index is -2.06. The molecule has 2 aromatic heterocycles. The number of hydrogen-bond acceptors (Lipinski definition) is 0. The molecule has 0 saturated carbocycles. The van der Waals surface area contributed by atoms with Gasteiger partial charge < -0.3 is 14.1 Å². The Morgan fingerprint density at radius 3 is 1.75 bits per heavy atom. The van der Waals surface area contributed by atoms with Crippen LogP contribution in [0.1, 0.15) is 0 Å². The second-order valence-corrected chi connectivity index (χ2v) is 18.7. The van der Waals surface area contributed by atoms with Crippen LogP contribution in [0.15, 0.2) is 170 Å². The van der Waals surface area contributed by atoms with Crippen LogP contribution in [0.25, 0.3) is 33.2 Å². The Labute approximate surface area is 280 Å². The third kappa shape index (κ3) is 6.39. The normalized spacial score (nSPS) is 10.8. The number of benzene rings is 6. The van der Waals surface area contributed by atoms with E-state index in [9.17, 15) is 0 Å². The van der Waals surface area contributed by atoms with Crippen molar-refractivity contribution >= 4 is 53.4 Å². The second kappa shape index (κ2) is 14.1. The van der Waals surface area contributed by atoms with Crippen molar-refractivity contribution in [2.24, 2.45) is 0 Å². The molecule has 8 aromatic rings. The summed E-state index contributed by atoms with van der Waals surface area (Å²) in [4.78, 5) is 4.82. The fourth-order valence-electron chi connectivity index (χ4n) is 5.28. The third-order valence-corrected chi connectivity index (χ3v) is 16.8. The molecule has 0 fully saturated rings. The fraction of sp³-hybridized carbons (Fsp3) is 0. The van der Waals surface area contributed by atoms with Crippen LogP contribution in [0.4, 0.5) is 0 Å².